The van der Waals surface area contributed by atoms with Gasteiger partial charge >= 0.3 is 0 Å². The van der Waals surface area contributed by atoms with Crippen LogP contribution in [0.3, 0.4) is 0 Å². The predicted molar refractivity (Wildman–Crippen MR) is 388 cm³/mol. The summed E-state index contributed by atoms with van der Waals surface area (Å²) < 4.78 is 0. The van der Waals surface area contributed by atoms with Gasteiger partial charge in [-0.1, -0.05) is 375 Å². The van der Waals surface area contributed by atoms with Crippen LogP contribution in [0.4, 0.5) is 0 Å². The van der Waals surface area contributed by atoms with Crippen LogP contribution in [0.15, 0.2) is 364 Å². The monoisotopic (exact) mass is 1230 g/mol. The molecule has 15 aromatic rings. The molecule has 21 rings (SSSR count). The summed E-state index contributed by atoms with van der Waals surface area (Å²) in [6.45, 7) is 4.19. The smallest absolute Gasteiger partial charge is 0.180 e. The van der Waals surface area contributed by atoms with Crippen molar-refractivity contribution in [3.05, 3.63) is 442 Å². The van der Waals surface area contributed by atoms with E-state index in [0.717, 1.165) is 111 Å². The van der Waals surface area contributed by atoms with E-state index in [-0.39, 0.29) is 0 Å². The van der Waals surface area contributed by atoms with Gasteiger partial charge in [0.05, 0.1) is 0 Å². The van der Waals surface area contributed by atoms with Crippen molar-refractivity contribution >= 4 is 21.5 Å². The third kappa shape index (κ3) is 8.91. The zero-order chi connectivity index (χ0) is 64.3. The molecule has 4 bridgehead atoms. The maximum atomic E-state index is 6.96. The largest absolute Gasteiger partial charge is 0.214 e. The molecule has 4 heteroatoms. The second kappa shape index (κ2) is 23.9. The minimum Gasteiger partial charge on any atom is -0.214 e. The van der Waals surface area contributed by atoms with Crippen molar-refractivity contribution in [2.75, 3.05) is 0 Å². The minimum atomic E-state index is -1.01. The Kier molecular flexibility index (Phi) is 14.6. The fraction of sp³-hybridized carbons (Fsp3) is 0.0652. The van der Waals surface area contributed by atoms with Crippen LogP contribution >= 0.6 is 0 Å². The average Bonchev–Trinajstić information content (AvgIpc) is 0.663. The first-order valence-electron chi connectivity index (χ1n) is 33.1. The van der Waals surface area contributed by atoms with Crippen LogP contribution in [-0.2, 0) is 42.0 Å². The summed E-state index contributed by atoms with van der Waals surface area (Å²) in [5, 5.41) is 4.74. The van der Waals surface area contributed by atoms with Crippen LogP contribution in [0, 0.1) is 13.8 Å². The van der Waals surface area contributed by atoms with E-state index in [9.17, 15) is 0 Å². The van der Waals surface area contributed by atoms with Crippen LogP contribution in [0.5, 0.6) is 0 Å². The summed E-state index contributed by atoms with van der Waals surface area (Å²) in [6, 6.07) is 129. The highest BCUT2D eigenvalue weighted by Gasteiger charge is 2.65. The lowest BCUT2D eigenvalue weighted by Gasteiger charge is -2.55. The molecule has 96 heavy (non-hydrogen) atoms. The Morgan fingerprint density at radius 1 is 0.177 bits per heavy atom. The fourth-order valence-corrected chi connectivity index (χ4v) is 16.0. The number of benzene rings is 15. The molecule has 458 valence electrons. The second-order valence-electron chi connectivity index (χ2n) is 25.3. The van der Waals surface area contributed by atoms with Crippen molar-refractivity contribution in [1.82, 2.24) is 0 Å². The van der Waals surface area contributed by atoms with Crippen LogP contribution in [0.2, 0.25) is 0 Å². The van der Waals surface area contributed by atoms with Gasteiger partial charge in [0, 0.05) is 44.5 Å². The molecule has 4 nitrogen and oxygen atoms in total. The van der Waals surface area contributed by atoms with Crippen LogP contribution in [-0.4, -0.2) is 0 Å². The van der Waals surface area contributed by atoms with Gasteiger partial charge in [0.25, 0.3) is 0 Å². The SMILES string of the molecule is Cc1ccc(C)cc1.c1ccc(-c2c3c(c(-c4ccccc4)c4ccccc24)[C@@]2(c4ccccc4)OO[C@]3(c3ccccc3)c3ccccc32)cc1.c1ccc(-c2c3c(c(-c4ccccc4)c4ccccc24)[C@@]2(c4ccccc4)OO[C@]3(c3ccccc3)c3ccccc32)cc1. The highest BCUT2D eigenvalue weighted by molar-refractivity contribution is 6.11. The normalized spacial score (nSPS) is 18.9. The first kappa shape index (κ1) is 58.5. The summed E-state index contributed by atoms with van der Waals surface area (Å²) in [7, 11) is 0. The highest BCUT2D eigenvalue weighted by atomic mass is 17.2. The Morgan fingerprint density at radius 2 is 0.344 bits per heavy atom. The summed E-state index contributed by atoms with van der Waals surface area (Å²) in [5.74, 6) is 0. The number of hydrogen-bond acceptors (Lipinski definition) is 4. The van der Waals surface area contributed by atoms with Gasteiger partial charge in [-0.25, -0.2) is 19.6 Å². The number of fused-ring (bicyclic) bond motifs is 4. The molecule has 0 radical (unpaired) electrons. The molecule has 0 saturated heterocycles. The third-order valence-electron chi connectivity index (χ3n) is 20.0. The van der Waals surface area contributed by atoms with E-state index >= 15 is 0 Å². The zero-order valence-electron chi connectivity index (χ0n) is 53.3. The third-order valence-corrected chi connectivity index (χ3v) is 20.0. The second-order valence-corrected chi connectivity index (χ2v) is 25.3. The van der Waals surface area contributed by atoms with E-state index in [1.807, 2.05) is 0 Å². The fourth-order valence-electron chi connectivity index (χ4n) is 16.0. The quantitative estimate of drug-likeness (QED) is 0.142. The lowest BCUT2D eigenvalue weighted by molar-refractivity contribution is -0.409. The summed E-state index contributed by atoms with van der Waals surface area (Å²) in [4.78, 5) is 27.9. The lowest BCUT2D eigenvalue weighted by atomic mass is 9.59. The molecular formula is C92H66O4. The Hall–Kier alpha value is -11.3. The van der Waals surface area contributed by atoms with E-state index < -0.39 is 22.4 Å². The van der Waals surface area contributed by atoms with E-state index in [1.165, 1.54) is 32.7 Å². The first-order chi connectivity index (χ1) is 47.5. The molecule has 0 amide bonds. The Bertz CT molecular complexity index is 4690. The standard InChI is InChI=1S/2C42H28O2.C8H10/c2*1-5-17-29(18-6-1)37-33-25-13-14-26-34(33)38(30-19-7-2-8-20-30)40-39(37)41(31-21-9-3-10-22-31)35-27-15-16-28-36(35)42(40,44-43-41)32-23-11-4-12-24-32;1-7-3-5-8(2)6-4-7/h2*1-28H;3-6H,1-2H3/t2*41-,42+;. The van der Waals surface area contributed by atoms with Crippen molar-refractivity contribution < 1.29 is 19.6 Å². The summed E-state index contributed by atoms with van der Waals surface area (Å²) in [5.41, 5.74) is 20.9. The molecule has 6 aliphatic rings. The van der Waals surface area contributed by atoms with Gasteiger partial charge in [0.15, 0.2) is 22.4 Å². The maximum absolute atomic E-state index is 6.96. The van der Waals surface area contributed by atoms with Crippen molar-refractivity contribution in [3.63, 3.8) is 0 Å². The molecule has 0 fully saturated rings. The van der Waals surface area contributed by atoms with Gasteiger partial charge in [-0.2, -0.15) is 0 Å². The van der Waals surface area contributed by atoms with Crippen LogP contribution in [0.25, 0.3) is 66.1 Å². The van der Waals surface area contributed by atoms with Gasteiger partial charge in [-0.05, 0) is 102 Å². The summed E-state index contributed by atoms with van der Waals surface area (Å²) >= 11 is 0. The molecule has 0 aromatic heterocycles. The van der Waals surface area contributed by atoms with Gasteiger partial charge in [-0.3, -0.25) is 0 Å². The molecule has 0 unspecified atom stereocenters. The molecular weight excluding hydrogens is 1170 g/mol. The average molecular weight is 1240 g/mol. The van der Waals surface area contributed by atoms with E-state index in [1.54, 1.807) is 0 Å². The van der Waals surface area contributed by atoms with Crippen molar-refractivity contribution in [1.29, 1.82) is 0 Å². The Morgan fingerprint density at radius 3 is 0.542 bits per heavy atom. The maximum Gasteiger partial charge on any atom is 0.180 e. The van der Waals surface area contributed by atoms with Gasteiger partial charge in [0.2, 0.25) is 0 Å². The number of aryl methyl sites for hydroxylation is 2. The number of hydrogen-bond donors (Lipinski definition) is 0. The number of rotatable bonds is 8. The molecule has 0 spiro atoms. The van der Waals surface area contributed by atoms with Crippen LogP contribution < -0.4 is 0 Å². The Balaban J connectivity index is 0.000000130. The topological polar surface area (TPSA) is 36.9 Å². The highest BCUT2D eigenvalue weighted by Crippen LogP contribution is 2.68. The van der Waals surface area contributed by atoms with Crippen LogP contribution in [0.1, 0.15) is 77.9 Å². The molecule has 4 heterocycles. The molecule has 0 N–H and O–H groups in total. The van der Waals surface area contributed by atoms with Crippen molar-refractivity contribution in [2.24, 2.45) is 0 Å². The van der Waals surface area contributed by atoms with Gasteiger partial charge < -0.3 is 0 Å². The van der Waals surface area contributed by atoms with Gasteiger partial charge in [0.1, 0.15) is 0 Å². The van der Waals surface area contributed by atoms with E-state index in [2.05, 4.69) is 378 Å². The molecule has 4 atom stereocenters. The predicted octanol–water partition coefficient (Wildman–Crippen LogP) is 22.4. The molecule has 0 saturated carbocycles. The molecule has 4 aliphatic heterocycles. The van der Waals surface area contributed by atoms with Crippen molar-refractivity contribution in [3.8, 4) is 44.5 Å². The molecule has 15 aromatic carbocycles. The van der Waals surface area contributed by atoms with E-state index in [4.69, 9.17) is 19.6 Å². The summed E-state index contributed by atoms with van der Waals surface area (Å²) in [6.07, 6.45) is 0. The van der Waals surface area contributed by atoms with Gasteiger partial charge in [-0.15, -0.1) is 0 Å². The zero-order valence-corrected chi connectivity index (χ0v) is 53.3. The lowest BCUT2D eigenvalue weighted by Crippen LogP contribution is -2.54. The molecule has 2 aliphatic carbocycles. The minimum absolute atomic E-state index is 1.01. The van der Waals surface area contributed by atoms with Crippen molar-refractivity contribution in [2.45, 2.75) is 36.3 Å². The Labute approximate surface area is 560 Å². The van der Waals surface area contributed by atoms with E-state index in [0.29, 0.717) is 0 Å². The first-order valence-corrected chi connectivity index (χ1v) is 33.1.